The second-order valence-corrected chi connectivity index (χ2v) is 9.38. The van der Waals surface area contributed by atoms with E-state index in [-0.39, 0.29) is 24.3 Å². The van der Waals surface area contributed by atoms with E-state index in [1.807, 2.05) is 60.7 Å². The number of hydrogen-bond acceptors (Lipinski definition) is 3. The van der Waals surface area contributed by atoms with Gasteiger partial charge in [0.2, 0.25) is 11.8 Å². The first-order chi connectivity index (χ1) is 16.4. The van der Waals surface area contributed by atoms with Crippen LogP contribution < -0.4 is 11.1 Å². The second-order valence-electron chi connectivity index (χ2n) is 8.51. The van der Waals surface area contributed by atoms with Crippen molar-refractivity contribution >= 4 is 35.0 Å². The molecule has 2 atom stereocenters. The fourth-order valence-corrected chi connectivity index (χ4v) is 5.16. The van der Waals surface area contributed by atoms with Crippen molar-refractivity contribution in [1.29, 1.82) is 0 Å². The molecular formula is C27H27Cl2N3O2. The van der Waals surface area contributed by atoms with E-state index in [1.54, 1.807) is 23.1 Å². The molecule has 3 aromatic carbocycles. The molecule has 7 heteroatoms. The van der Waals surface area contributed by atoms with Crippen LogP contribution in [0.4, 0.5) is 0 Å². The van der Waals surface area contributed by atoms with Crippen molar-refractivity contribution < 1.29 is 9.59 Å². The summed E-state index contributed by atoms with van der Waals surface area (Å²) < 4.78 is 0. The summed E-state index contributed by atoms with van der Waals surface area (Å²) in [6.45, 7) is 0.782. The molecule has 1 fully saturated rings. The lowest BCUT2D eigenvalue weighted by molar-refractivity contribution is -0.139. The monoisotopic (exact) mass is 495 g/mol. The summed E-state index contributed by atoms with van der Waals surface area (Å²) in [5, 5.41) is 3.94. The lowest BCUT2D eigenvalue weighted by atomic mass is 9.84. The van der Waals surface area contributed by atoms with Crippen LogP contribution in [0.2, 0.25) is 10.0 Å². The number of hydrogen-bond donors (Lipinski definition) is 2. The summed E-state index contributed by atoms with van der Waals surface area (Å²) >= 11 is 12.1. The molecule has 4 rings (SSSR count). The third kappa shape index (κ3) is 5.61. The third-order valence-electron chi connectivity index (χ3n) is 6.19. The highest BCUT2D eigenvalue weighted by Gasteiger charge is 2.39. The number of amides is 2. The Kier molecular flexibility index (Phi) is 7.88. The molecule has 3 aromatic rings. The molecule has 0 aromatic heterocycles. The fourth-order valence-electron chi connectivity index (χ4n) is 4.58. The molecule has 0 saturated carbocycles. The average Bonchev–Trinajstić information content (AvgIpc) is 3.33. The normalized spacial score (nSPS) is 16.5. The van der Waals surface area contributed by atoms with Crippen LogP contribution in [-0.4, -0.2) is 35.3 Å². The van der Waals surface area contributed by atoms with Gasteiger partial charge in [-0.3, -0.25) is 9.59 Å². The van der Waals surface area contributed by atoms with E-state index in [1.165, 1.54) is 0 Å². The molecular weight excluding hydrogens is 469 g/mol. The Labute approximate surface area is 209 Å². The van der Waals surface area contributed by atoms with Gasteiger partial charge in [0.1, 0.15) is 6.04 Å². The smallest absolute Gasteiger partial charge is 0.243 e. The van der Waals surface area contributed by atoms with Crippen LogP contribution in [0.25, 0.3) is 0 Å². The first-order valence-electron chi connectivity index (χ1n) is 11.3. The van der Waals surface area contributed by atoms with Gasteiger partial charge in [-0.15, -0.1) is 0 Å². The molecule has 176 valence electrons. The minimum atomic E-state index is -0.815. The molecule has 3 N–H and O–H groups in total. The van der Waals surface area contributed by atoms with Crippen molar-refractivity contribution in [3.05, 3.63) is 106 Å². The Morgan fingerprint density at radius 2 is 1.50 bits per heavy atom. The van der Waals surface area contributed by atoms with Crippen LogP contribution in [0.1, 0.15) is 35.4 Å². The molecule has 1 heterocycles. The number of benzene rings is 3. The largest absolute Gasteiger partial charge is 0.350 e. The first kappa shape index (κ1) is 24.3. The Morgan fingerprint density at radius 3 is 2.06 bits per heavy atom. The van der Waals surface area contributed by atoms with Gasteiger partial charge in [-0.1, -0.05) is 83.9 Å². The van der Waals surface area contributed by atoms with Gasteiger partial charge in [-0.2, -0.15) is 0 Å². The van der Waals surface area contributed by atoms with E-state index in [2.05, 4.69) is 5.32 Å². The summed E-state index contributed by atoms with van der Waals surface area (Å²) in [6.07, 6.45) is 1.35. The van der Waals surface area contributed by atoms with Gasteiger partial charge in [0.05, 0.1) is 6.04 Å². The molecule has 0 aliphatic carbocycles. The van der Waals surface area contributed by atoms with Crippen molar-refractivity contribution in [1.82, 2.24) is 10.2 Å². The quantitative estimate of drug-likeness (QED) is 0.495. The van der Waals surface area contributed by atoms with Crippen LogP contribution in [0.5, 0.6) is 0 Å². The molecule has 0 radical (unpaired) electrons. The highest BCUT2D eigenvalue weighted by Crippen LogP contribution is 2.30. The highest BCUT2D eigenvalue weighted by atomic mass is 35.5. The van der Waals surface area contributed by atoms with Crippen molar-refractivity contribution in [2.75, 3.05) is 6.54 Å². The minimum absolute atomic E-state index is 0.204. The van der Waals surface area contributed by atoms with Crippen molar-refractivity contribution in [3.8, 4) is 0 Å². The lowest BCUT2D eigenvalue weighted by Crippen LogP contribution is -2.52. The van der Waals surface area contributed by atoms with Crippen LogP contribution in [-0.2, 0) is 16.1 Å². The number of carbonyl (C=O) groups excluding carboxylic acids is 2. The lowest BCUT2D eigenvalue weighted by Gasteiger charge is -2.31. The summed E-state index contributed by atoms with van der Waals surface area (Å²) in [7, 11) is 0. The molecule has 1 aliphatic rings. The third-order valence-corrected chi connectivity index (χ3v) is 6.63. The zero-order valence-corrected chi connectivity index (χ0v) is 20.2. The summed E-state index contributed by atoms with van der Waals surface area (Å²) in [6, 6.07) is 23.3. The van der Waals surface area contributed by atoms with Gasteiger partial charge < -0.3 is 16.0 Å². The predicted octanol–water partition coefficient (Wildman–Crippen LogP) is 4.76. The summed E-state index contributed by atoms with van der Waals surface area (Å²) in [5.74, 6) is -0.737. The maximum atomic E-state index is 13.6. The second kappa shape index (κ2) is 11.0. The molecule has 0 bridgehead atoms. The van der Waals surface area contributed by atoms with Gasteiger partial charge in [0, 0.05) is 29.1 Å². The van der Waals surface area contributed by atoms with E-state index >= 15 is 0 Å². The zero-order chi connectivity index (χ0) is 24.1. The number of carbonyl (C=O) groups is 2. The van der Waals surface area contributed by atoms with E-state index in [9.17, 15) is 9.59 Å². The number of rotatable bonds is 7. The zero-order valence-electron chi connectivity index (χ0n) is 18.7. The van der Waals surface area contributed by atoms with Crippen LogP contribution in [0.15, 0.2) is 78.9 Å². The predicted molar refractivity (Wildman–Crippen MR) is 136 cm³/mol. The Bertz CT molecular complexity index is 1080. The molecule has 0 spiro atoms. The molecule has 5 nitrogen and oxygen atoms in total. The van der Waals surface area contributed by atoms with Gasteiger partial charge in [0.25, 0.3) is 0 Å². The maximum absolute atomic E-state index is 13.6. The Hall–Kier alpha value is -2.86. The van der Waals surface area contributed by atoms with E-state index in [4.69, 9.17) is 28.9 Å². The summed E-state index contributed by atoms with van der Waals surface area (Å²) in [5.41, 5.74) is 9.34. The topological polar surface area (TPSA) is 75.4 Å². The molecule has 1 aliphatic heterocycles. The Balaban J connectivity index is 1.50. The van der Waals surface area contributed by atoms with Gasteiger partial charge >= 0.3 is 0 Å². The number of nitrogens with two attached hydrogens (primary N) is 1. The minimum Gasteiger partial charge on any atom is -0.350 e. The van der Waals surface area contributed by atoms with Crippen LogP contribution >= 0.6 is 23.2 Å². The van der Waals surface area contributed by atoms with Crippen molar-refractivity contribution in [2.45, 2.75) is 37.4 Å². The highest BCUT2D eigenvalue weighted by molar-refractivity contribution is 6.34. The van der Waals surface area contributed by atoms with Crippen LogP contribution in [0.3, 0.4) is 0 Å². The molecule has 34 heavy (non-hydrogen) atoms. The van der Waals surface area contributed by atoms with Gasteiger partial charge in [-0.05, 0) is 47.7 Å². The molecule has 2 amide bonds. The number of halogens is 2. The SMILES string of the molecule is N[C@@H](C(=O)N1CCC[C@H]1C(=O)NCc1cc(Cl)cc(Cl)c1)C(c1ccccc1)c1ccccc1. The van der Waals surface area contributed by atoms with Crippen molar-refractivity contribution in [3.63, 3.8) is 0 Å². The van der Waals surface area contributed by atoms with Gasteiger partial charge in [-0.25, -0.2) is 0 Å². The average molecular weight is 496 g/mol. The number of likely N-dealkylation sites (tertiary alicyclic amines) is 1. The fraction of sp³-hybridized carbons (Fsp3) is 0.259. The van der Waals surface area contributed by atoms with E-state index < -0.39 is 12.1 Å². The number of nitrogens with zero attached hydrogens (tertiary/aromatic N) is 1. The van der Waals surface area contributed by atoms with Crippen molar-refractivity contribution in [2.24, 2.45) is 5.73 Å². The number of nitrogens with one attached hydrogen (secondary N) is 1. The molecule has 1 saturated heterocycles. The summed E-state index contributed by atoms with van der Waals surface area (Å²) in [4.78, 5) is 28.3. The first-order valence-corrected chi connectivity index (χ1v) is 12.1. The standard InChI is InChI=1S/C27H27Cl2N3O2/c28-21-14-18(15-22(29)16-21)17-31-26(33)23-12-7-13-32(23)27(34)25(30)24(19-8-3-1-4-9-19)20-10-5-2-6-11-20/h1-6,8-11,14-16,23-25H,7,12-13,17,30H2,(H,31,33)/t23-,25+/m0/s1. The van der Waals surface area contributed by atoms with E-state index in [0.717, 1.165) is 23.1 Å². The molecule has 0 unspecified atom stereocenters. The maximum Gasteiger partial charge on any atom is 0.243 e. The van der Waals surface area contributed by atoms with Crippen LogP contribution in [0, 0.1) is 0 Å². The van der Waals surface area contributed by atoms with Gasteiger partial charge in [0.15, 0.2) is 0 Å². The Morgan fingerprint density at radius 1 is 0.941 bits per heavy atom. The van der Waals surface area contributed by atoms with E-state index in [0.29, 0.717) is 23.0 Å².